The van der Waals surface area contributed by atoms with E-state index < -0.39 is 17.8 Å². The molecule has 0 spiro atoms. The highest BCUT2D eigenvalue weighted by Gasteiger charge is 2.36. The molecular formula is C11H11BrF3N5. The van der Waals surface area contributed by atoms with Gasteiger partial charge in [-0.05, 0) is 27.6 Å². The molecule has 2 aromatic rings. The van der Waals surface area contributed by atoms with Crippen LogP contribution in [0.25, 0.3) is 0 Å². The van der Waals surface area contributed by atoms with Crippen LogP contribution >= 0.6 is 15.9 Å². The van der Waals surface area contributed by atoms with Crippen molar-refractivity contribution < 1.29 is 13.2 Å². The lowest BCUT2D eigenvalue weighted by Gasteiger charge is -2.21. The van der Waals surface area contributed by atoms with Crippen LogP contribution in [0.1, 0.15) is 22.9 Å². The third-order valence-electron chi connectivity index (χ3n) is 2.84. The summed E-state index contributed by atoms with van der Waals surface area (Å²) in [6.07, 6.45) is -4.47. The van der Waals surface area contributed by atoms with Crippen LogP contribution in [0.5, 0.6) is 0 Å². The largest absolute Gasteiger partial charge is 0.416 e. The molecule has 0 fully saturated rings. The number of halogens is 4. The van der Waals surface area contributed by atoms with Crippen LogP contribution in [-0.4, -0.2) is 15.0 Å². The first-order valence-electron chi connectivity index (χ1n) is 5.53. The first kappa shape index (κ1) is 14.9. The number of hydrogen-bond acceptors (Lipinski definition) is 4. The Balaban J connectivity index is 2.60. The molecule has 0 aliphatic heterocycles. The topological polar surface area (TPSA) is 68.8 Å². The molecule has 1 unspecified atom stereocenters. The second-order valence-corrected chi connectivity index (χ2v) is 4.82. The molecule has 1 atom stereocenters. The molecule has 0 radical (unpaired) electrons. The van der Waals surface area contributed by atoms with Crippen LogP contribution in [0.2, 0.25) is 0 Å². The van der Waals surface area contributed by atoms with Gasteiger partial charge in [0.2, 0.25) is 0 Å². The minimum absolute atomic E-state index is 0.00796. The average molecular weight is 350 g/mol. The van der Waals surface area contributed by atoms with E-state index in [0.29, 0.717) is 10.3 Å². The number of aryl methyl sites for hydroxylation is 1. The number of benzene rings is 1. The molecule has 0 bridgehead atoms. The number of alkyl halides is 3. The number of rotatable bonds is 3. The minimum Gasteiger partial charge on any atom is -0.271 e. The number of hydrogen-bond donors (Lipinski definition) is 2. The molecule has 0 saturated carbocycles. The fraction of sp³-hybridized carbons (Fsp3) is 0.273. The van der Waals surface area contributed by atoms with Crippen molar-refractivity contribution in [3.63, 3.8) is 0 Å². The molecule has 0 amide bonds. The van der Waals surface area contributed by atoms with Gasteiger partial charge in [0, 0.05) is 7.05 Å². The maximum atomic E-state index is 13.1. The van der Waals surface area contributed by atoms with Gasteiger partial charge >= 0.3 is 6.18 Å². The average Bonchev–Trinajstić information content (AvgIpc) is 2.71. The van der Waals surface area contributed by atoms with E-state index in [2.05, 4.69) is 31.7 Å². The maximum absolute atomic E-state index is 13.1. The lowest BCUT2D eigenvalue weighted by molar-refractivity contribution is -0.138. The van der Waals surface area contributed by atoms with Crippen molar-refractivity contribution in [2.24, 2.45) is 12.9 Å². The summed E-state index contributed by atoms with van der Waals surface area (Å²) in [6, 6.07) is 4.34. The van der Waals surface area contributed by atoms with Gasteiger partial charge in [-0.15, -0.1) is 5.10 Å². The summed E-state index contributed by atoms with van der Waals surface area (Å²) in [4.78, 5) is 0. The van der Waals surface area contributed by atoms with Crippen molar-refractivity contribution in [1.82, 2.24) is 20.4 Å². The highest BCUT2D eigenvalue weighted by molar-refractivity contribution is 9.10. The van der Waals surface area contributed by atoms with Gasteiger partial charge in [-0.25, -0.2) is 10.1 Å². The number of aromatic nitrogens is 3. The molecule has 9 heteroatoms. The summed E-state index contributed by atoms with van der Waals surface area (Å²) in [5.74, 6) is 5.44. The lowest BCUT2D eigenvalue weighted by atomic mass is 9.98. The normalized spacial score (nSPS) is 13.5. The molecule has 0 saturated heterocycles. The molecule has 1 aromatic carbocycles. The van der Waals surface area contributed by atoms with Crippen molar-refractivity contribution in [3.8, 4) is 0 Å². The van der Waals surface area contributed by atoms with Crippen molar-refractivity contribution >= 4 is 15.9 Å². The maximum Gasteiger partial charge on any atom is 0.416 e. The number of hydrazine groups is 1. The van der Waals surface area contributed by atoms with Crippen LogP contribution in [0.4, 0.5) is 13.2 Å². The molecule has 0 aliphatic rings. The molecule has 3 N–H and O–H groups in total. The SMILES string of the molecule is Cn1nnc(Br)c1C(NN)c1ccccc1C(F)(F)F. The van der Waals surface area contributed by atoms with Gasteiger partial charge in [0.05, 0.1) is 17.3 Å². The van der Waals surface area contributed by atoms with Gasteiger partial charge < -0.3 is 0 Å². The van der Waals surface area contributed by atoms with Gasteiger partial charge in [-0.3, -0.25) is 5.84 Å². The van der Waals surface area contributed by atoms with Gasteiger partial charge in [-0.1, -0.05) is 23.4 Å². The first-order valence-corrected chi connectivity index (χ1v) is 6.33. The van der Waals surface area contributed by atoms with Crippen LogP contribution in [0.3, 0.4) is 0 Å². The van der Waals surface area contributed by atoms with Crippen LogP contribution in [-0.2, 0) is 13.2 Å². The monoisotopic (exact) mass is 349 g/mol. The van der Waals surface area contributed by atoms with E-state index >= 15 is 0 Å². The number of nitrogens with one attached hydrogen (secondary N) is 1. The van der Waals surface area contributed by atoms with Crippen molar-refractivity contribution in [2.75, 3.05) is 0 Å². The van der Waals surface area contributed by atoms with Crippen LogP contribution in [0.15, 0.2) is 28.9 Å². The highest BCUT2D eigenvalue weighted by atomic mass is 79.9. The Bertz CT molecular complexity index is 591. The Labute approximate surface area is 121 Å². The van der Waals surface area contributed by atoms with Crippen molar-refractivity contribution in [3.05, 3.63) is 45.7 Å². The van der Waals surface area contributed by atoms with E-state index in [9.17, 15) is 13.2 Å². The summed E-state index contributed by atoms with van der Waals surface area (Å²) in [5.41, 5.74) is 2.05. The summed E-state index contributed by atoms with van der Waals surface area (Å²) in [6.45, 7) is 0. The van der Waals surface area contributed by atoms with Gasteiger partial charge in [0.1, 0.15) is 0 Å². The smallest absolute Gasteiger partial charge is 0.271 e. The lowest BCUT2D eigenvalue weighted by Crippen LogP contribution is -2.32. The molecule has 5 nitrogen and oxygen atoms in total. The standard InChI is InChI=1S/C11H11BrF3N5/c1-20-9(10(12)18-19-20)8(17-16)6-4-2-3-5-7(6)11(13,14)15/h2-5,8,17H,16H2,1H3. The van der Waals surface area contributed by atoms with Gasteiger partial charge in [-0.2, -0.15) is 13.2 Å². The molecule has 1 aromatic heterocycles. The molecule has 0 aliphatic carbocycles. The Morgan fingerprint density at radius 2 is 2.00 bits per heavy atom. The van der Waals surface area contributed by atoms with E-state index in [1.165, 1.54) is 22.9 Å². The number of nitrogens with zero attached hydrogens (tertiary/aromatic N) is 3. The fourth-order valence-electron chi connectivity index (χ4n) is 1.97. The van der Waals surface area contributed by atoms with E-state index in [4.69, 9.17) is 5.84 Å². The van der Waals surface area contributed by atoms with Crippen LogP contribution < -0.4 is 11.3 Å². The Hall–Kier alpha value is -1.45. The zero-order valence-corrected chi connectivity index (χ0v) is 11.9. The summed E-state index contributed by atoms with van der Waals surface area (Å²) in [7, 11) is 1.58. The van der Waals surface area contributed by atoms with Crippen LogP contribution in [0, 0.1) is 0 Å². The first-order chi connectivity index (χ1) is 9.36. The summed E-state index contributed by atoms with van der Waals surface area (Å²) >= 11 is 3.16. The van der Waals surface area contributed by atoms with Crippen molar-refractivity contribution in [1.29, 1.82) is 0 Å². The highest BCUT2D eigenvalue weighted by Crippen LogP contribution is 2.37. The predicted molar refractivity (Wildman–Crippen MR) is 69.3 cm³/mol. The molecular weight excluding hydrogens is 339 g/mol. The second-order valence-electron chi connectivity index (χ2n) is 4.07. The molecule has 1 heterocycles. The summed E-state index contributed by atoms with van der Waals surface area (Å²) < 4.78 is 40.9. The van der Waals surface area contributed by atoms with E-state index in [1.54, 1.807) is 7.05 Å². The van der Waals surface area contributed by atoms with Gasteiger partial charge in [0.15, 0.2) is 4.60 Å². The van der Waals surface area contributed by atoms with Crippen molar-refractivity contribution in [2.45, 2.75) is 12.2 Å². The Morgan fingerprint density at radius 1 is 1.35 bits per heavy atom. The zero-order chi connectivity index (χ0) is 14.9. The third kappa shape index (κ3) is 2.69. The van der Waals surface area contributed by atoms with Gasteiger partial charge in [0.25, 0.3) is 0 Å². The van der Waals surface area contributed by atoms with E-state index in [1.807, 2.05) is 0 Å². The minimum atomic E-state index is -4.47. The zero-order valence-electron chi connectivity index (χ0n) is 10.3. The van der Waals surface area contributed by atoms with E-state index in [0.717, 1.165) is 6.07 Å². The quantitative estimate of drug-likeness (QED) is 0.658. The second kappa shape index (κ2) is 5.51. The summed E-state index contributed by atoms with van der Waals surface area (Å²) in [5, 5.41) is 7.50. The number of nitrogens with two attached hydrogens (primary N) is 1. The fourth-order valence-corrected chi connectivity index (χ4v) is 2.52. The third-order valence-corrected chi connectivity index (χ3v) is 3.41. The molecule has 108 valence electrons. The predicted octanol–water partition coefficient (Wildman–Crippen LogP) is 2.15. The molecule has 20 heavy (non-hydrogen) atoms. The van der Waals surface area contributed by atoms with E-state index in [-0.39, 0.29) is 5.56 Å². The Kier molecular flexibility index (Phi) is 4.11. The Morgan fingerprint density at radius 3 is 2.50 bits per heavy atom. The molecule has 2 rings (SSSR count).